The van der Waals surface area contributed by atoms with Crippen molar-refractivity contribution >= 4 is 22.8 Å². The van der Waals surface area contributed by atoms with Crippen LogP contribution >= 0.6 is 0 Å². The summed E-state index contributed by atoms with van der Waals surface area (Å²) in [5, 5.41) is 8.96. The number of hydrogen-bond donors (Lipinski definition) is 2. The molecule has 9 heteroatoms. The Kier molecular flexibility index (Phi) is 6.45. The van der Waals surface area contributed by atoms with Gasteiger partial charge in [-0.05, 0) is 62.6 Å². The van der Waals surface area contributed by atoms with Crippen LogP contribution < -0.4 is 4.90 Å². The lowest BCUT2D eigenvalue weighted by molar-refractivity contribution is -0.138. The van der Waals surface area contributed by atoms with Crippen LogP contribution in [0.5, 0.6) is 0 Å². The van der Waals surface area contributed by atoms with Crippen LogP contribution in [0.4, 0.5) is 14.6 Å². The Morgan fingerprint density at radius 3 is 2.50 bits per heavy atom. The number of nitrogens with one attached hydrogen (secondary N) is 1. The fraction of sp³-hybridized carbons (Fsp3) is 0.480. The molecule has 1 aromatic carbocycles. The number of fused-ring (bicyclic) bond motifs is 1. The zero-order valence-corrected chi connectivity index (χ0v) is 18.8. The minimum absolute atomic E-state index is 0.109. The van der Waals surface area contributed by atoms with Gasteiger partial charge in [-0.3, -0.25) is 4.79 Å². The van der Waals surface area contributed by atoms with Gasteiger partial charge in [0, 0.05) is 37.3 Å². The molecule has 0 spiro atoms. The lowest BCUT2D eigenvalue weighted by Crippen LogP contribution is -2.39. The summed E-state index contributed by atoms with van der Waals surface area (Å²) < 4.78 is 33.7. The summed E-state index contributed by atoms with van der Waals surface area (Å²) in [4.78, 5) is 24.9. The maximum absolute atomic E-state index is 13.9. The van der Waals surface area contributed by atoms with Gasteiger partial charge >= 0.3 is 5.97 Å². The van der Waals surface area contributed by atoms with Crippen molar-refractivity contribution in [3.05, 3.63) is 42.1 Å². The summed E-state index contributed by atoms with van der Waals surface area (Å²) in [7, 11) is 0. The number of piperidine rings is 1. The number of ether oxygens (including phenoxy) is 1. The Morgan fingerprint density at radius 2 is 1.82 bits per heavy atom. The third-order valence-corrected chi connectivity index (χ3v) is 6.93. The van der Waals surface area contributed by atoms with E-state index in [4.69, 9.17) is 9.84 Å². The third-order valence-electron chi connectivity index (χ3n) is 6.93. The highest BCUT2D eigenvalue weighted by Gasteiger charge is 2.28. The van der Waals surface area contributed by atoms with Crippen LogP contribution in [0.1, 0.15) is 44.9 Å². The number of hydrogen-bond acceptors (Lipinski definition) is 5. The first kappa shape index (κ1) is 22.7. The van der Waals surface area contributed by atoms with E-state index in [2.05, 4.69) is 19.9 Å². The molecule has 7 nitrogen and oxygen atoms in total. The van der Waals surface area contributed by atoms with Crippen molar-refractivity contribution in [1.82, 2.24) is 15.0 Å². The van der Waals surface area contributed by atoms with Crippen molar-refractivity contribution in [3.8, 4) is 11.4 Å². The van der Waals surface area contributed by atoms with Gasteiger partial charge in [-0.1, -0.05) is 0 Å². The Bertz CT molecular complexity index is 1150. The van der Waals surface area contributed by atoms with Crippen LogP contribution in [-0.4, -0.2) is 51.3 Å². The van der Waals surface area contributed by atoms with Crippen LogP contribution in [-0.2, 0) is 9.53 Å². The average Bonchev–Trinajstić information content (AvgIpc) is 3.25. The molecule has 2 aromatic heterocycles. The number of rotatable bonds is 6. The van der Waals surface area contributed by atoms with Crippen molar-refractivity contribution < 1.29 is 23.4 Å². The molecule has 2 aliphatic rings. The van der Waals surface area contributed by atoms with E-state index in [1.54, 1.807) is 6.20 Å². The summed E-state index contributed by atoms with van der Waals surface area (Å²) >= 11 is 0. The van der Waals surface area contributed by atoms with Crippen LogP contribution in [0.15, 0.2) is 30.5 Å². The van der Waals surface area contributed by atoms with E-state index in [1.165, 1.54) is 6.07 Å². The largest absolute Gasteiger partial charge is 0.481 e. The Hall–Kier alpha value is -3.07. The predicted octanol–water partition coefficient (Wildman–Crippen LogP) is 4.92. The first-order valence-electron chi connectivity index (χ1n) is 11.9. The van der Waals surface area contributed by atoms with E-state index in [9.17, 15) is 13.6 Å². The second-order valence-electron chi connectivity index (χ2n) is 9.34. The van der Waals surface area contributed by atoms with Gasteiger partial charge in [-0.2, -0.15) is 0 Å². The monoisotopic (exact) mass is 470 g/mol. The second-order valence-corrected chi connectivity index (χ2v) is 9.34. The minimum atomic E-state index is -0.708. The molecule has 180 valence electrons. The van der Waals surface area contributed by atoms with Gasteiger partial charge in [0.1, 0.15) is 23.0 Å². The maximum atomic E-state index is 13.9. The summed E-state index contributed by atoms with van der Waals surface area (Å²) in [6.45, 7) is 1.70. The Morgan fingerprint density at radius 1 is 1.09 bits per heavy atom. The first-order chi connectivity index (χ1) is 16.4. The van der Waals surface area contributed by atoms with Crippen molar-refractivity contribution in [2.24, 2.45) is 5.92 Å². The molecule has 3 heterocycles. The molecule has 0 unspecified atom stereocenters. The number of carbonyl (C=O) groups is 1. The normalized spacial score (nSPS) is 21.8. The highest BCUT2D eigenvalue weighted by atomic mass is 19.1. The van der Waals surface area contributed by atoms with Crippen LogP contribution in [0.2, 0.25) is 0 Å². The molecule has 1 saturated heterocycles. The molecule has 5 rings (SSSR count). The lowest BCUT2D eigenvalue weighted by Gasteiger charge is -2.36. The molecular weight excluding hydrogens is 442 g/mol. The van der Waals surface area contributed by atoms with Gasteiger partial charge in [0.05, 0.1) is 17.7 Å². The Labute approximate surface area is 196 Å². The molecule has 1 aliphatic carbocycles. The lowest BCUT2D eigenvalue weighted by atomic mass is 9.85. The summed E-state index contributed by atoms with van der Waals surface area (Å²) in [5.74, 6) is -0.450. The number of carboxylic acids is 1. The summed E-state index contributed by atoms with van der Waals surface area (Å²) in [6.07, 6.45) is 8.02. The maximum Gasteiger partial charge on any atom is 0.303 e. The average molecular weight is 471 g/mol. The number of imidazole rings is 1. The zero-order chi connectivity index (χ0) is 23.7. The summed E-state index contributed by atoms with van der Waals surface area (Å²) in [5.41, 5.74) is 1.13. The van der Waals surface area contributed by atoms with Crippen molar-refractivity contribution in [2.45, 2.75) is 57.2 Å². The van der Waals surface area contributed by atoms with Crippen molar-refractivity contribution in [1.29, 1.82) is 0 Å². The number of benzene rings is 1. The predicted molar refractivity (Wildman–Crippen MR) is 124 cm³/mol. The van der Waals surface area contributed by atoms with E-state index in [0.29, 0.717) is 16.9 Å². The molecule has 0 amide bonds. The molecule has 2 fully saturated rings. The van der Waals surface area contributed by atoms with Gasteiger partial charge in [-0.25, -0.2) is 18.7 Å². The van der Waals surface area contributed by atoms with E-state index >= 15 is 0 Å². The minimum Gasteiger partial charge on any atom is -0.481 e. The molecule has 0 atom stereocenters. The van der Waals surface area contributed by atoms with Gasteiger partial charge in [0.25, 0.3) is 0 Å². The quantitative estimate of drug-likeness (QED) is 0.531. The number of pyridine rings is 1. The van der Waals surface area contributed by atoms with Crippen molar-refractivity contribution in [3.63, 3.8) is 0 Å². The van der Waals surface area contributed by atoms with Gasteiger partial charge in [-0.15, -0.1) is 0 Å². The molecule has 3 aromatic rings. The topological polar surface area (TPSA) is 91.3 Å². The summed E-state index contributed by atoms with van der Waals surface area (Å²) in [6, 6.07) is 5.85. The number of H-pyrrole nitrogens is 1. The van der Waals surface area contributed by atoms with E-state index < -0.39 is 17.6 Å². The van der Waals surface area contributed by atoms with E-state index in [1.807, 2.05) is 12.1 Å². The van der Waals surface area contributed by atoms with E-state index in [-0.39, 0.29) is 30.1 Å². The van der Waals surface area contributed by atoms with Gasteiger partial charge in [0.2, 0.25) is 0 Å². The van der Waals surface area contributed by atoms with Crippen LogP contribution in [0.25, 0.3) is 22.4 Å². The SMILES string of the molecule is O=C(O)CC1CCC(OC2CCN(c3ccc(-c4nc5c(F)cc(F)cc5[nH]4)cn3)CC2)CC1. The second kappa shape index (κ2) is 9.66. The fourth-order valence-electron chi connectivity index (χ4n) is 5.10. The number of nitrogens with zero attached hydrogens (tertiary/aromatic N) is 3. The molecule has 34 heavy (non-hydrogen) atoms. The standard InChI is InChI=1S/C25H28F2N4O3/c26-17-12-20(27)24-21(13-17)29-25(30-24)16-3-6-22(28-14-16)31-9-7-19(8-10-31)34-18-4-1-15(2-5-18)11-23(32)33/h3,6,12-15,18-19H,1-2,4-5,7-11H2,(H,29,30)(H,32,33). The first-order valence-corrected chi connectivity index (χ1v) is 11.9. The fourth-order valence-corrected chi connectivity index (χ4v) is 5.10. The molecule has 1 aliphatic heterocycles. The molecular formula is C25H28F2N4O3. The van der Waals surface area contributed by atoms with Crippen LogP contribution in [0, 0.1) is 17.6 Å². The zero-order valence-electron chi connectivity index (χ0n) is 18.8. The molecule has 0 radical (unpaired) electrons. The highest BCUT2D eigenvalue weighted by Crippen LogP contribution is 2.31. The van der Waals surface area contributed by atoms with Crippen LogP contribution in [0.3, 0.4) is 0 Å². The smallest absolute Gasteiger partial charge is 0.303 e. The van der Waals surface area contributed by atoms with Gasteiger partial charge in [0.15, 0.2) is 5.82 Å². The number of carboxylic acid groups (broad SMARTS) is 1. The molecule has 2 N–H and O–H groups in total. The number of aliphatic carboxylic acids is 1. The molecule has 1 saturated carbocycles. The number of aromatic nitrogens is 3. The Balaban J connectivity index is 1.14. The number of anilines is 1. The van der Waals surface area contributed by atoms with Gasteiger partial charge < -0.3 is 19.7 Å². The van der Waals surface area contributed by atoms with E-state index in [0.717, 1.165) is 63.5 Å². The highest BCUT2D eigenvalue weighted by molar-refractivity contribution is 5.80. The number of halogens is 2. The third kappa shape index (κ3) is 5.04. The number of aromatic amines is 1. The molecule has 0 bridgehead atoms. The van der Waals surface area contributed by atoms with Crippen molar-refractivity contribution in [2.75, 3.05) is 18.0 Å².